The average molecular weight is 171 g/mol. The number of carbonyl (C=O) groups excluding carboxylic acids is 1. The van der Waals surface area contributed by atoms with Crippen molar-refractivity contribution in [2.45, 2.75) is 6.92 Å². The Morgan fingerprint density at radius 2 is 2.29 bits per heavy atom. The van der Waals surface area contributed by atoms with Gasteiger partial charge >= 0.3 is 58.2 Å². The fourth-order valence-electron chi connectivity index (χ4n) is 0.0909. The molecule has 1 amide bonds. The number of rotatable bonds is 1. The fourth-order valence-corrected chi connectivity index (χ4v) is 0.0909. The molecule has 0 rings (SSSR count). The maximum atomic E-state index is 9.76. The van der Waals surface area contributed by atoms with Crippen molar-refractivity contribution in [1.82, 2.24) is 5.43 Å². The van der Waals surface area contributed by atoms with Crippen LogP contribution in [0.4, 0.5) is 0 Å². The smallest absolute Gasteiger partial charge is 0.401 e. The van der Waals surface area contributed by atoms with Crippen LogP contribution in [0.2, 0.25) is 0 Å². The molecular weight excluding hydrogens is 166 g/mol. The van der Waals surface area contributed by atoms with Crippen molar-refractivity contribution in [3.8, 4) is 0 Å². The van der Waals surface area contributed by atoms with Gasteiger partial charge in [-0.15, -0.1) is 0 Å². The number of carbonyl (C=O) groups is 1. The Bertz CT molecular complexity index is 73.3. The van der Waals surface area contributed by atoms with Crippen molar-refractivity contribution in [3.63, 3.8) is 0 Å². The predicted molar refractivity (Wildman–Crippen MR) is 22.3 cm³/mol. The molecule has 0 saturated carbocycles. The zero-order valence-corrected chi connectivity index (χ0v) is 9.35. The van der Waals surface area contributed by atoms with Gasteiger partial charge in [0.05, 0.1) is 0 Å². The fraction of sp³-hybridized carbons (Fsp3) is 0.333. The Hall–Kier alpha value is 0.945. The van der Waals surface area contributed by atoms with Gasteiger partial charge in [0.2, 0.25) is 5.91 Å². The summed E-state index contributed by atoms with van der Waals surface area (Å²) >= 11 is 0. The van der Waals surface area contributed by atoms with Gasteiger partial charge in [0.25, 0.3) is 0 Å². The summed E-state index contributed by atoms with van der Waals surface area (Å²) in [6.45, 7) is 5.85. The molecule has 0 heterocycles. The van der Waals surface area contributed by atoms with Crippen molar-refractivity contribution in [3.05, 3.63) is 0 Å². The van der Waals surface area contributed by atoms with Crippen LogP contribution in [-0.4, -0.2) is 12.6 Å². The zero-order valence-electron chi connectivity index (χ0n) is 4.43. The zero-order chi connectivity index (χ0) is 4.99. The molecule has 0 atom stereocenters. The number of amides is 1. The van der Waals surface area contributed by atoms with E-state index in [0.717, 1.165) is 0 Å². The first-order chi connectivity index (χ1) is 2.77. The van der Waals surface area contributed by atoms with Gasteiger partial charge in [-0.05, 0) is 0 Å². The van der Waals surface area contributed by atoms with Crippen LogP contribution in [0.1, 0.15) is 6.92 Å². The molecule has 0 saturated heterocycles. The summed E-state index contributed by atoms with van der Waals surface area (Å²) in [5, 5.41) is 2.84. The van der Waals surface area contributed by atoms with Crippen LogP contribution in [-0.2, 0) is 4.79 Å². The summed E-state index contributed by atoms with van der Waals surface area (Å²) in [5.41, 5.74) is 1.97. The molecule has 0 aromatic carbocycles. The summed E-state index contributed by atoms with van der Waals surface area (Å²) in [4.78, 5) is 9.76. The molecule has 7 heavy (non-hydrogen) atoms. The Morgan fingerprint density at radius 1 is 1.86 bits per heavy atom. The van der Waals surface area contributed by atoms with E-state index in [1.165, 1.54) is 6.92 Å². The van der Waals surface area contributed by atoms with Crippen molar-refractivity contribution in [2.75, 3.05) is 0 Å². The quantitative estimate of drug-likeness (QED) is 0.249. The maximum Gasteiger partial charge on any atom is 1.00 e. The van der Waals surface area contributed by atoms with Crippen molar-refractivity contribution in [1.29, 1.82) is 0 Å². The second kappa shape index (κ2) is 6.95. The Labute approximate surface area is 91.3 Å². The molecule has 0 aliphatic rings. The summed E-state index contributed by atoms with van der Waals surface area (Å²) in [6.07, 6.45) is 0. The Morgan fingerprint density at radius 3 is 2.29 bits per heavy atom. The standard InChI is InChI=1S/C3H5N2O.Rb/c1-3(6)5-4-2;/h2H,1H3,(H,5,6);/q-1;+1. The molecule has 1 N–H and O–H groups in total. The minimum absolute atomic E-state index is 0. The Kier molecular flexibility index (Phi) is 10.8. The van der Waals surface area contributed by atoms with Crippen molar-refractivity contribution < 1.29 is 63.0 Å². The molecule has 34 valence electrons. The van der Waals surface area contributed by atoms with Gasteiger partial charge in [-0.2, -0.15) is 0 Å². The molecular formula is C3H5N2ORb. The molecule has 0 aromatic heterocycles. The van der Waals surface area contributed by atoms with Gasteiger partial charge in [-0.3, -0.25) is 10.2 Å². The first kappa shape index (κ1) is 10.8. The number of nitrogens with zero attached hydrogens (tertiary/aromatic N) is 1. The summed E-state index contributed by atoms with van der Waals surface area (Å²) < 4.78 is 0. The number of nitrogens with one attached hydrogen (secondary N) is 1. The third-order valence-electron chi connectivity index (χ3n) is 0.222. The van der Waals surface area contributed by atoms with Gasteiger partial charge in [-0.1, -0.05) is 0 Å². The van der Waals surface area contributed by atoms with Crippen LogP contribution in [0.3, 0.4) is 0 Å². The van der Waals surface area contributed by atoms with E-state index in [-0.39, 0.29) is 64.1 Å². The van der Waals surface area contributed by atoms with Crippen LogP contribution in [0, 0.1) is 0 Å². The molecule has 0 radical (unpaired) electrons. The molecule has 0 fully saturated rings. The normalized spacial score (nSPS) is 5.86. The predicted octanol–water partition coefficient (Wildman–Crippen LogP) is -3.38. The van der Waals surface area contributed by atoms with Crippen molar-refractivity contribution in [2.24, 2.45) is 5.10 Å². The first-order valence-electron chi connectivity index (χ1n) is 1.44. The van der Waals surface area contributed by atoms with Gasteiger partial charge < -0.3 is 11.8 Å². The monoisotopic (exact) mass is 170 g/mol. The minimum Gasteiger partial charge on any atom is -0.401 e. The second-order valence-electron chi connectivity index (χ2n) is 0.797. The summed E-state index contributed by atoms with van der Waals surface area (Å²) in [7, 11) is 0. The van der Waals surface area contributed by atoms with E-state index in [9.17, 15) is 4.79 Å². The first-order valence-corrected chi connectivity index (χ1v) is 1.44. The van der Waals surface area contributed by atoms with Crippen LogP contribution >= 0.6 is 0 Å². The van der Waals surface area contributed by atoms with E-state index in [2.05, 4.69) is 11.8 Å². The average Bonchev–Trinajstić information content (AvgIpc) is 1.35. The van der Waals surface area contributed by atoms with E-state index < -0.39 is 0 Å². The topological polar surface area (TPSA) is 41.5 Å². The molecule has 0 aromatic rings. The van der Waals surface area contributed by atoms with E-state index in [1.807, 2.05) is 5.43 Å². The van der Waals surface area contributed by atoms with Gasteiger partial charge in [0.1, 0.15) is 0 Å². The summed E-state index contributed by atoms with van der Waals surface area (Å²) in [5.74, 6) is -0.252. The van der Waals surface area contributed by atoms with Crippen molar-refractivity contribution >= 4 is 12.6 Å². The molecule has 4 heteroatoms. The molecule has 3 nitrogen and oxygen atoms in total. The summed E-state index contributed by atoms with van der Waals surface area (Å²) in [6, 6.07) is 0. The molecule has 0 unspecified atom stereocenters. The van der Waals surface area contributed by atoms with Gasteiger partial charge in [0.15, 0.2) is 0 Å². The minimum atomic E-state index is -0.252. The Balaban J connectivity index is 0. The molecule has 0 aliphatic heterocycles. The molecule has 0 bridgehead atoms. The van der Waals surface area contributed by atoms with Gasteiger partial charge in [-0.25, -0.2) is 0 Å². The van der Waals surface area contributed by atoms with Crippen LogP contribution in [0.25, 0.3) is 0 Å². The van der Waals surface area contributed by atoms with E-state index >= 15 is 0 Å². The molecule has 0 aliphatic carbocycles. The largest absolute Gasteiger partial charge is 1.00 e. The van der Waals surface area contributed by atoms with E-state index in [1.54, 1.807) is 0 Å². The van der Waals surface area contributed by atoms with Crippen LogP contribution in [0.15, 0.2) is 5.10 Å². The second-order valence-corrected chi connectivity index (χ2v) is 0.797. The third-order valence-corrected chi connectivity index (χ3v) is 0.222. The number of hydrogen-bond acceptors (Lipinski definition) is 2. The maximum absolute atomic E-state index is 9.76. The van der Waals surface area contributed by atoms with Crippen LogP contribution < -0.4 is 63.6 Å². The number of hydrazone groups is 1. The van der Waals surface area contributed by atoms with E-state index in [0.29, 0.717) is 0 Å². The number of hydrogen-bond donors (Lipinski definition) is 1. The van der Waals surface area contributed by atoms with E-state index in [4.69, 9.17) is 0 Å². The SMILES string of the molecule is [CH-]=NNC(C)=O.[Rb+]. The van der Waals surface area contributed by atoms with Crippen LogP contribution in [0.5, 0.6) is 0 Å². The third kappa shape index (κ3) is 10.9. The van der Waals surface area contributed by atoms with Gasteiger partial charge in [0, 0.05) is 6.92 Å². The molecule has 0 spiro atoms.